The van der Waals surface area contributed by atoms with Crippen LogP contribution in [0.5, 0.6) is 0 Å². The summed E-state index contributed by atoms with van der Waals surface area (Å²) in [7, 11) is 0. The molecule has 1 amide bonds. The maximum atomic E-state index is 12.8. The van der Waals surface area contributed by atoms with Crippen LogP contribution in [0.2, 0.25) is 0 Å². The molecule has 0 atom stereocenters. The molecule has 1 aromatic rings. The molecule has 1 N–H and O–H groups in total. The van der Waals surface area contributed by atoms with E-state index in [1.54, 1.807) is 20.8 Å². The lowest BCUT2D eigenvalue weighted by molar-refractivity contribution is -0.385. The Morgan fingerprint density at radius 3 is 2.44 bits per heavy atom. The first-order chi connectivity index (χ1) is 11.4. The number of amides is 1. The molecule has 0 aromatic heterocycles. The number of alkyl halides is 3. The van der Waals surface area contributed by atoms with Gasteiger partial charge in [-0.05, 0) is 38.8 Å². The number of nitro benzene ring substituents is 1. The summed E-state index contributed by atoms with van der Waals surface area (Å²) >= 11 is 0. The minimum Gasteiger partial charge on any atom is -0.444 e. The van der Waals surface area contributed by atoms with Crippen molar-refractivity contribution in [3.63, 3.8) is 0 Å². The molecule has 0 radical (unpaired) electrons. The molecular weight excluding hydrogens is 341 g/mol. The van der Waals surface area contributed by atoms with E-state index in [2.05, 4.69) is 5.32 Å². The summed E-state index contributed by atoms with van der Waals surface area (Å²) in [6.45, 7) is 5.36. The van der Waals surface area contributed by atoms with Gasteiger partial charge in [0.05, 0.1) is 10.5 Å². The van der Waals surface area contributed by atoms with Gasteiger partial charge >= 0.3 is 12.3 Å². The van der Waals surface area contributed by atoms with Gasteiger partial charge in [0.2, 0.25) is 0 Å². The van der Waals surface area contributed by atoms with Gasteiger partial charge in [0.1, 0.15) is 5.60 Å². The first-order valence-electron chi connectivity index (χ1n) is 7.38. The average molecular weight is 360 g/mol. The largest absolute Gasteiger partial charge is 0.444 e. The van der Waals surface area contributed by atoms with E-state index in [1.165, 1.54) is 12.2 Å². The van der Waals surface area contributed by atoms with E-state index in [0.717, 1.165) is 12.1 Å². The van der Waals surface area contributed by atoms with Crippen molar-refractivity contribution >= 4 is 17.9 Å². The van der Waals surface area contributed by atoms with Crippen LogP contribution in [0, 0.1) is 10.1 Å². The molecule has 6 nitrogen and oxygen atoms in total. The third-order valence-corrected chi connectivity index (χ3v) is 2.77. The highest BCUT2D eigenvalue weighted by Crippen LogP contribution is 2.32. The van der Waals surface area contributed by atoms with Crippen LogP contribution in [0.15, 0.2) is 24.3 Å². The topological polar surface area (TPSA) is 81.5 Å². The highest BCUT2D eigenvalue weighted by molar-refractivity contribution is 5.67. The Balaban J connectivity index is 2.70. The molecular formula is C16H19F3N2O4. The van der Waals surface area contributed by atoms with Gasteiger partial charge in [-0.3, -0.25) is 10.1 Å². The van der Waals surface area contributed by atoms with E-state index < -0.39 is 34.0 Å². The van der Waals surface area contributed by atoms with Crippen molar-refractivity contribution in [2.45, 2.75) is 39.0 Å². The number of nitro groups is 1. The second kappa shape index (κ2) is 8.00. The van der Waals surface area contributed by atoms with E-state index in [1.807, 2.05) is 0 Å². The number of benzene rings is 1. The van der Waals surface area contributed by atoms with Crippen LogP contribution >= 0.6 is 0 Å². The number of carbonyl (C=O) groups is 1. The third kappa shape index (κ3) is 7.69. The molecule has 0 bridgehead atoms. The van der Waals surface area contributed by atoms with Gasteiger partial charge in [0.15, 0.2) is 0 Å². The van der Waals surface area contributed by atoms with Crippen molar-refractivity contribution < 1.29 is 27.6 Å². The van der Waals surface area contributed by atoms with Gasteiger partial charge < -0.3 is 10.1 Å². The van der Waals surface area contributed by atoms with Crippen LogP contribution < -0.4 is 5.32 Å². The van der Waals surface area contributed by atoms with Gasteiger partial charge in [-0.1, -0.05) is 12.2 Å². The van der Waals surface area contributed by atoms with Crippen LogP contribution in [0.3, 0.4) is 0 Å². The number of carbonyl (C=O) groups excluding carboxylic acids is 1. The molecule has 0 aliphatic rings. The zero-order valence-corrected chi connectivity index (χ0v) is 14.0. The van der Waals surface area contributed by atoms with Crippen molar-refractivity contribution in [1.29, 1.82) is 0 Å². The SMILES string of the molecule is CC(C)(C)OC(=O)NCCC=Cc1cc([N+](=O)[O-])cc(C(F)(F)F)c1. The molecule has 1 aromatic carbocycles. The maximum absolute atomic E-state index is 12.8. The highest BCUT2D eigenvalue weighted by atomic mass is 19.4. The lowest BCUT2D eigenvalue weighted by Crippen LogP contribution is -2.32. The molecule has 1 rings (SSSR count). The van der Waals surface area contributed by atoms with Crippen molar-refractivity contribution in [3.8, 4) is 0 Å². The fourth-order valence-corrected chi connectivity index (χ4v) is 1.79. The van der Waals surface area contributed by atoms with Crippen LogP contribution in [0.25, 0.3) is 6.08 Å². The molecule has 25 heavy (non-hydrogen) atoms. The van der Waals surface area contributed by atoms with E-state index in [-0.39, 0.29) is 12.1 Å². The summed E-state index contributed by atoms with van der Waals surface area (Å²) in [5, 5.41) is 13.2. The summed E-state index contributed by atoms with van der Waals surface area (Å²) < 4.78 is 43.3. The molecule has 0 aliphatic heterocycles. The zero-order chi connectivity index (χ0) is 19.3. The Bertz CT molecular complexity index is 664. The van der Waals surface area contributed by atoms with Crippen LogP contribution in [-0.4, -0.2) is 23.2 Å². The van der Waals surface area contributed by atoms with E-state index in [4.69, 9.17) is 4.74 Å². The number of non-ortho nitro benzene ring substituents is 1. The van der Waals surface area contributed by atoms with Gasteiger partial charge in [0, 0.05) is 18.7 Å². The smallest absolute Gasteiger partial charge is 0.416 e. The predicted molar refractivity (Wildman–Crippen MR) is 86.0 cm³/mol. The monoisotopic (exact) mass is 360 g/mol. The summed E-state index contributed by atoms with van der Waals surface area (Å²) in [5.41, 5.74) is -2.30. The molecule has 0 saturated heterocycles. The quantitative estimate of drug-likeness (QED) is 0.475. The Hall–Kier alpha value is -2.58. The van der Waals surface area contributed by atoms with Gasteiger partial charge in [0.25, 0.3) is 5.69 Å². The number of nitrogens with zero attached hydrogens (tertiary/aromatic N) is 1. The van der Waals surface area contributed by atoms with Gasteiger partial charge in [-0.2, -0.15) is 13.2 Å². The fourth-order valence-electron chi connectivity index (χ4n) is 1.79. The number of rotatable bonds is 5. The predicted octanol–water partition coefficient (Wildman–Crippen LogP) is 4.54. The Morgan fingerprint density at radius 1 is 1.28 bits per heavy atom. The molecule has 0 saturated carbocycles. The first kappa shape index (κ1) is 20.5. The number of alkyl carbamates (subject to hydrolysis) is 1. The fraction of sp³-hybridized carbons (Fsp3) is 0.438. The number of ether oxygens (including phenoxy) is 1. The standard InChI is InChI=1S/C16H19F3N2O4/c1-15(2,3)25-14(22)20-7-5-4-6-11-8-12(16(17,18)19)10-13(9-11)21(23)24/h4,6,8-10H,5,7H2,1-3H3,(H,20,22). The first-order valence-corrected chi connectivity index (χ1v) is 7.38. The van der Waals surface area contributed by atoms with Crippen molar-refractivity contribution in [2.75, 3.05) is 6.54 Å². The molecule has 0 spiro atoms. The number of hydrogen-bond acceptors (Lipinski definition) is 4. The zero-order valence-electron chi connectivity index (χ0n) is 14.0. The minimum atomic E-state index is -4.67. The summed E-state index contributed by atoms with van der Waals surface area (Å²) in [6.07, 6.45) is -2.11. The third-order valence-electron chi connectivity index (χ3n) is 2.77. The van der Waals surface area contributed by atoms with Crippen LogP contribution in [-0.2, 0) is 10.9 Å². The molecule has 0 heterocycles. The lowest BCUT2D eigenvalue weighted by atomic mass is 10.1. The average Bonchev–Trinajstić information content (AvgIpc) is 2.43. The number of halogens is 3. The Labute approximate surface area is 142 Å². The second-order valence-corrected chi connectivity index (χ2v) is 6.19. The normalized spacial score (nSPS) is 12.2. The second-order valence-electron chi connectivity index (χ2n) is 6.19. The minimum absolute atomic E-state index is 0.0544. The molecule has 0 aliphatic carbocycles. The van der Waals surface area contributed by atoms with Crippen LogP contribution in [0.4, 0.5) is 23.7 Å². The van der Waals surface area contributed by atoms with Gasteiger partial charge in [-0.15, -0.1) is 0 Å². The van der Waals surface area contributed by atoms with Gasteiger partial charge in [-0.25, -0.2) is 4.79 Å². The van der Waals surface area contributed by atoms with Crippen molar-refractivity contribution in [1.82, 2.24) is 5.32 Å². The van der Waals surface area contributed by atoms with E-state index in [0.29, 0.717) is 12.5 Å². The summed E-state index contributed by atoms with van der Waals surface area (Å²) in [5.74, 6) is 0. The highest BCUT2D eigenvalue weighted by Gasteiger charge is 2.32. The molecule has 0 unspecified atom stereocenters. The molecule has 138 valence electrons. The van der Waals surface area contributed by atoms with Crippen molar-refractivity contribution in [2.24, 2.45) is 0 Å². The maximum Gasteiger partial charge on any atom is 0.416 e. The summed E-state index contributed by atoms with van der Waals surface area (Å²) in [6, 6.07) is 2.36. The van der Waals surface area contributed by atoms with Crippen LogP contribution in [0.1, 0.15) is 38.3 Å². The van der Waals surface area contributed by atoms with E-state index >= 15 is 0 Å². The lowest BCUT2D eigenvalue weighted by Gasteiger charge is -2.19. The number of nitrogens with one attached hydrogen (secondary N) is 1. The Kier molecular flexibility index (Phi) is 6.55. The molecule has 0 fully saturated rings. The van der Waals surface area contributed by atoms with E-state index in [9.17, 15) is 28.1 Å². The number of hydrogen-bond donors (Lipinski definition) is 1. The van der Waals surface area contributed by atoms with Crippen molar-refractivity contribution in [3.05, 3.63) is 45.5 Å². The molecule has 9 heteroatoms. The summed E-state index contributed by atoms with van der Waals surface area (Å²) in [4.78, 5) is 21.3. The Morgan fingerprint density at radius 2 is 1.92 bits per heavy atom.